The molecule has 0 bridgehead atoms. The zero-order chi connectivity index (χ0) is 12.3. The summed E-state index contributed by atoms with van der Waals surface area (Å²) in [5.74, 6) is 0.582. The highest BCUT2D eigenvalue weighted by Crippen LogP contribution is 2.30. The average molecular weight is 314 g/mol. The third-order valence-corrected chi connectivity index (χ3v) is 3.67. The summed E-state index contributed by atoms with van der Waals surface area (Å²) in [5, 5.41) is 11.4. The van der Waals surface area contributed by atoms with E-state index in [4.69, 9.17) is 4.42 Å². The van der Waals surface area contributed by atoms with Gasteiger partial charge in [-0.2, -0.15) is 0 Å². The second-order valence-electron chi connectivity index (χ2n) is 3.47. The van der Waals surface area contributed by atoms with Gasteiger partial charge in [0.05, 0.1) is 0 Å². The fraction of sp³-hybridized carbons (Fsp3) is 0.273. The molecule has 0 unspecified atom stereocenters. The van der Waals surface area contributed by atoms with E-state index >= 15 is 0 Å². The fourth-order valence-corrected chi connectivity index (χ4v) is 2.77. The van der Waals surface area contributed by atoms with Gasteiger partial charge in [-0.15, -0.1) is 10.2 Å². The molecule has 0 aliphatic carbocycles. The van der Waals surface area contributed by atoms with E-state index in [2.05, 4.69) is 43.6 Å². The maximum Gasteiger partial charge on any atom is 0.281 e. The number of hydrogen-bond donors (Lipinski definition) is 1. The number of nitrogens with one attached hydrogen (secondary N) is 1. The predicted octanol–water partition coefficient (Wildman–Crippen LogP) is 3.01. The molecule has 0 fully saturated rings. The molecule has 2 aromatic rings. The van der Waals surface area contributed by atoms with Gasteiger partial charge < -0.3 is 9.73 Å². The van der Waals surface area contributed by atoms with E-state index in [0.29, 0.717) is 11.1 Å². The molecule has 1 aromatic carbocycles. The Kier molecular flexibility index (Phi) is 4.20. The molecule has 1 heterocycles. The van der Waals surface area contributed by atoms with Crippen LogP contribution in [0.25, 0.3) is 0 Å². The second-order valence-corrected chi connectivity index (χ2v) is 5.35. The van der Waals surface area contributed by atoms with E-state index in [0.717, 1.165) is 15.9 Å². The highest BCUT2D eigenvalue weighted by molar-refractivity contribution is 9.10. The van der Waals surface area contributed by atoms with Gasteiger partial charge in [0.15, 0.2) is 0 Å². The molecule has 0 saturated carbocycles. The molecule has 0 aliphatic rings. The van der Waals surface area contributed by atoms with Crippen LogP contribution in [-0.4, -0.2) is 17.2 Å². The average Bonchev–Trinajstić information content (AvgIpc) is 2.68. The van der Waals surface area contributed by atoms with E-state index in [-0.39, 0.29) is 0 Å². The molecular weight excluding hydrogens is 302 g/mol. The highest BCUT2D eigenvalue weighted by Gasteiger charge is 2.07. The Bertz CT molecular complexity index is 515. The maximum atomic E-state index is 5.32. The molecule has 17 heavy (non-hydrogen) atoms. The SMILES string of the molecule is CNCc1ccc(Sc2nnc(C)o2)cc1Br. The van der Waals surface area contributed by atoms with Crippen molar-refractivity contribution in [2.45, 2.75) is 23.6 Å². The van der Waals surface area contributed by atoms with Crippen LogP contribution in [0.2, 0.25) is 0 Å². The van der Waals surface area contributed by atoms with Crippen LogP contribution >= 0.6 is 27.7 Å². The van der Waals surface area contributed by atoms with Gasteiger partial charge in [0.2, 0.25) is 5.89 Å². The summed E-state index contributed by atoms with van der Waals surface area (Å²) < 4.78 is 6.40. The molecular formula is C11H12BrN3OS. The summed E-state index contributed by atoms with van der Waals surface area (Å²) in [4.78, 5) is 1.07. The molecule has 0 aliphatic heterocycles. The molecule has 0 atom stereocenters. The Balaban J connectivity index is 2.14. The van der Waals surface area contributed by atoms with Gasteiger partial charge in [0, 0.05) is 22.8 Å². The first-order valence-electron chi connectivity index (χ1n) is 5.10. The van der Waals surface area contributed by atoms with E-state index in [9.17, 15) is 0 Å². The number of halogens is 1. The first-order chi connectivity index (χ1) is 8.19. The van der Waals surface area contributed by atoms with Crippen molar-refractivity contribution in [2.75, 3.05) is 7.05 Å². The van der Waals surface area contributed by atoms with Crippen LogP contribution < -0.4 is 5.32 Å². The minimum atomic E-state index is 0.566. The molecule has 1 aromatic heterocycles. The third kappa shape index (κ3) is 3.31. The molecule has 1 N–H and O–H groups in total. The monoisotopic (exact) mass is 313 g/mol. The van der Waals surface area contributed by atoms with Crippen LogP contribution in [0.1, 0.15) is 11.5 Å². The highest BCUT2D eigenvalue weighted by atomic mass is 79.9. The Morgan fingerprint density at radius 2 is 2.24 bits per heavy atom. The molecule has 0 radical (unpaired) electrons. The van der Waals surface area contributed by atoms with Crippen molar-refractivity contribution in [3.8, 4) is 0 Å². The first-order valence-corrected chi connectivity index (χ1v) is 6.71. The van der Waals surface area contributed by atoms with Gasteiger partial charge in [0.25, 0.3) is 5.22 Å². The van der Waals surface area contributed by atoms with Gasteiger partial charge in [-0.3, -0.25) is 0 Å². The number of rotatable bonds is 4. The Labute approximate surface area is 112 Å². The lowest BCUT2D eigenvalue weighted by Crippen LogP contribution is -2.05. The van der Waals surface area contributed by atoms with Gasteiger partial charge in [-0.05, 0) is 36.5 Å². The minimum absolute atomic E-state index is 0.566. The van der Waals surface area contributed by atoms with E-state index in [1.165, 1.54) is 17.3 Å². The van der Waals surface area contributed by atoms with Crippen LogP contribution in [-0.2, 0) is 6.54 Å². The van der Waals surface area contributed by atoms with Crippen molar-refractivity contribution >= 4 is 27.7 Å². The van der Waals surface area contributed by atoms with Crippen LogP contribution in [0.3, 0.4) is 0 Å². The Morgan fingerprint density at radius 3 is 2.82 bits per heavy atom. The summed E-state index contributed by atoms with van der Waals surface area (Å²) in [6, 6.07) is 6.17. The number of hydrogen-bond acceptors (Lipinski definition) is 5. The molecule has 6 heteroatoms. The van der Waals surface area contributed by atoms with Gasteiger partial charge in [-0.25, -0.2) is 0 Å². The number of benzene rings is 1. The lowest BCUT2D eigenvalue weighted by Gasteiger charge is -2.05. The van der Waals surface area contributed by atoms with E-state index in [1.54, 1.807) is 6.92 Å². The van der Waals surface area contributed by atoms with Crippen molar-refractivity contribution in [3.05, 3.63) is 34.1 Å². The molecule has 0 spiro atoms. The Hall–Kier alpha value is -0.850. The summed E-state index contributed by atoms with van der Waals surface area (Å²) in [6.07, 6.45) is 0. The van der Waals surface area contributed by atoms with Crippen molar-refractivity contribution in [3.63, 3.8) is 0 Å². The number of aromatic nitrogens is 2. The first kappa shape index (κ1) is 12.6. The third-order valence-electron chi connectivity index (χ3n) is 2.10. The number of nitrogens with zero attached hydrogens (tertiary/aromatic N) is 2. The summed E-state index contributed by atoms with van der Waals surface area (Å²) in [7, 11) is 1.93. The maximum absolute atomic E-state index is 5.32. The lowest BCUT2D eigenvalue weighted by molar-refractivity contribution is 0.429. The van der Waals surface area contributed by atoms with Gasteiger partial charge in [-0.1, -0.05) is 22.0 Å². The normalized spacial score (nSPS) is 10.8. The smallest absolute Gasteiger partial charge is 0.281 e. The van der Waals surface area contributed by atoms with E-state index in [1.807, 2.05) is 13.1 Å². The van der Waals surface area contributed by atoms with E-state index < -0.39 is 0 Å². The fourth-order valence-electron chi connectivity index (χ4n) is 1.35. The second kappa shape index (κ2) is 5.66. The van der Waals surface area contributed by atoms with Crippen molar-refractivity contribution in [1.29, 1.82) is 0 Å². The minimum Gasteiger partial charge on any atom is -0.416 e. The molecule has 90 valence electrons. The summed E-state index contributed by atoms with van der Waals surface area (Å²) in [5.41, 5.74) is 1.22. The van der Waals surface area contributed by atoms with Crippen LogP contribution in [0.15, 0.2) is 37.2 Å². The van der Waals surface area contributed by atoms with Crippen molar-refractivity contribution in [1.82, 2.24) is 15.5 Å². The molecule has 0 saturated heterocycles. The van der Waals surface area contributed by atoms with Gasteiger partial charge in [0.1, 0.15) is 0 Å². The predicted molar refractivity (Wildman–Crippen MR) is 70.1 cm³/mol. The van der Waals surface area contributed by atoms with Crippen molar-refractivity contribution in [2.24, 2.45) is 0 Å². The van der Waals surface area contributed by atoms with Crippen LogP contribution in [0.4, 0.5) is 0 Å². The summed E-state index contributed by atoms with van der Waals surface area (Å²) in [6.45, 7) is 2.62. The lowest BCUT2D eigenvalue weighted by atomic mass is 10.2. The number of aryl methyl sites for hydroxylation is 1. The Morgan fingerprint density at radius 1 is 1.41 bits per heavy atom. The van der Waals surface area contributed by atoms with Gasteiger partial charge >= 0.3 is 0 Å². The topological polar surface area (TPSA) is 51.0 Å². The molecule has 2 rings (SSSR count). The molecule has 0 amide bonds. The standard InChI is InChI=1S/C11H12BrN3OS/c1-7-14-15-11(16-7)17-9-4-3-8(6-13-2)10(12)5-9/h3-5,13H,6H2,1-2H3. The zero-order valence-corrected chi connectivity index (χ0v) is 11.9. The van der Waals surface area contributed by atoms with Crippen molar-refractivity contribution < 1.29 is 4.42 Å². The largest absolute Gasteiger partial charge is 0.416 e. The zero-order valence-electron chi connectivity index (χ0n) is 9.53. The quantitative estimate of drug-likeness (QED) is 0.940. The van der Waals surface area contributed by atoms with Crippen LogP contribution in [0.5, 0.6) is 0 Å². The van der Waals surface area contributed by atoms with Crippen LogP contribution in [0, 0.1) is 6.92 Å². The molecule has 4 nitrogen and oxygen atoms in total. The summed E-state index contributed by atoms with van der Waals surface area (Å²) >= 11 is 5.01.